The fourth-order valence-corrected chi connectivity index (χ4v) is 1.95. The lowest BCUT2D eigenvalue weighted by molar-refractivity contribution is -0.384. The van der Waals surface area contributed by atoms with E-state index in [0.29, 0.717) is 11.3 Å². The van der Waals surface area contributed by atoms with E-state index in [0.717, 1.165) is 6.07 Å². The summed E-state index contributed by atoms with van der Waals surface area (Å²) in [6, 6.07) is 10.5. The minimum Gasteiger partial charge on any atom is -0.392 e. The minimum absolute atomic E-state index is 0.0349. The van der Waals surface area contributed by atoms with Gasteiger partial charge in [-0.25, -0.2) is 0 Å². The number of anilines is 1. The molecule has 2 N–H and O–H groups in total. The first-order chi connectivity index (χ1) is 10.0. The first-order valence-corrected chi connectivity index (χ1v) is 6.34. The summed E-state index contributed by atoms with van der Waals surface area (Å²) >= 11 is 5.70. The van der Waals surface area contributed by atoms with Gasteiger partial charge >= 0.3 is 0 Å². The van der Waals surface area contributed by atoms with Gasteiger partial charge in [-0.05, 0) is 18.2 Å². The molecule has 0 saturated carbocycles. The van der Waals surface area contributed by atoms with Crippen LogP contribution in [0.4, 0.5) is 11.4 Å². The number of para-hydroxylation sites is 1. The van der Waals surface area contributed by atoms with Gasteiger partial charge in [-0.3, -0.25) is 14.9 Å². The predicted molar refractivity (Wildman–Crippen MR) is 78.4 cm³/mol. The smallest absolute Gasteiger partial charge is 0.288 e. The fraction of sp³-hybridized carbons (Fsp3) is 0.0714. The number of amides is 1. The third kappa shape index (κ3) is 3.36. The van der Waals surface area contributed by atoms with E-state index in [1.54, 1.807) is 24.3 Å². The zero-order valence-corrected chi connectivity index (χ0v) is 11.5. The fourth-order valence-electron chi connectivity index (χ4n) is 1.77. The van der Waals surface area contributed by atoms with Crippen LogP contribution in [0.2, 0.25) is 5.02 Å². The average molecular weight is 307 g/mol. The van der Waals surface area contributed by atoms with Gasteiger partial charge in [-0.1, -0.05) is 29.8 Å². The maximum atomic E-state index is 12.1. The number of nitro benzene ring substituents is 1. The highest BCUT2D eigenvalue weighted by atomic mass is 35.5. The molecule has 0 radical (unpaired) electrons. The second-order valence-corrected chi connectivity index (χ2v) is 4.60. The molecule has 0 bridgehead atoms. The average Bonchev–Trinajstić information content (AvgIpc) is 2.47. The van der Waals surface area contributed by atoms with Crippen LogP contribution >= 0.6 is 11.6 Å². The van der Waals surface area contributed by atoms with Gasteiger partial charge in [-0.15, -0.1) is 0 Å². The van der Waals surface area contributed by atoms with Gasteiger partial charge in [0.15, 0.2) is 0 Å². The third-order valence-corrected chi connectivity index (χ3v) is 3.16. The van der Waals surface area contributed by atoms with Crippen molar-refractivity contribution in [1.29, 1.82) is 0 Å². The Morgan fingerprint density at radius 1 is 1.29 bits per heavy atom. The summed E-state index contributed by atoms with van der Waals surface area (Å²) < 4.78 is 0. The van der Waals surface area contributed by atoms with Crippen LogP contribution in [0.25, 0.3) is 0 Å². The van der Waals surface area contributed by atoms with Gasteiger partial charge in [0.25, 0.3) is 11.6 Å². The number of nitrogens with zero attached hydrogens (tertiary/aromatic N) is 1. The number of rotatable bonds is 4. The number of benzene rings is 2. The maximum absolute atomic E-state index is 12.1. The molecule has 0 aliphatic carbocycles. The third-order valence-electron chi connectivity index (χ3n) is 2.84. The van der Waals surface area contributed by atoms with Crippen molar-refractivity contribution in [3.8, 4) is 0 Å². The van der Waals surface area contributed by atoms with Gasteiger partial charge in [0.2, 0.25) is 0 Å². The van der Waals surface area contributed by atoms with Crippen LogP contribution < -0.4 is 5.32 Å². The van der Waals surface area contributed by atoms with Gasteiger partial charge in [-0.2, -0.15) is 0 Å². The summed E-state index contributed by atoms with van der Waals surface area (Å²) in [6.45, 7) is -0.225. The first-order valence-electron chi connectivity index (χ1n) is 5.97. The Hall–Kier alpha value is -2.44. The Morgan fingerprint density at radius 2 is 2.00 bits per heavy atom. The summed E-state index contributed by atoms with van der Waals surface area (Å²) in [5.41, 5.74) is 0.774. The van der Waals surface area contributed by atoms with Crippen LogP contribution in [-0.4, -0.2) is 15.9 Å². The van der Waals surface area contributed by atoms with Crippen molar-refractivity contribution < 1.29 is 14.8 Å². The molecule has 2 aromatic carbocycles. The number of nitrogens with one attached hydrogen (secondary N) is 1. The quantitative estimate of drug-likeness (QED) is 0.671. The molecule has 0 atom stereocenters. The second-order valence-electron chi connectivity index (χ2n) is 4.19. The van der Waals surface area contributed by atoms with E-state index in [1.807, 2.05) is 0 Å². The Bertz CT molecular complexity index is 703. The SMILES string of the molecule is O=C(Nc1ccccc1CO)c1ccc(Cl)c([N+](=O)[O-])c1. The molecular weight excluding hydrogens is 296 g/mol. The Balaban J connectivity index is 2.29. The molecule has 0 heterocycles. The molecule has 21 heavy (non-hydrogen) atoms. The molecule has 0 fully saturated rings. The lowest BCUT2D eigenvalue weighted by atomic mass is 10.1. The van der Waals surface area contributed by atoms with Crippen molar-refractivity contribution in [2.45, 2.75) is 6.61 Å². The van der Waals surface area contributed by atoms with E-state index < -0.39 is 10.8 Å². The molecule has 7 heteroatoms. The molecule has 2 rings (SSSR count). The minimum atomic E-state index is -0.652. The summed E-state index contributed by atoms with van der Waals surface area (Å²) in [7, 11) is 0. The highest BCUT2D eigenvalue weighted by molar-refractivity contribution is 6.32. The van der Waals surface area contributed by atoms with E-state index in [2.05, 4.69) is 5.32 Å². The highest BCUT2D eigenvalue weighted by Crippen LogP contribution is 2.25. The molecule has 0 aliphatic rings. The van der Waals surface area contributed by atoms with E-state index in [1.165, 1.54) is 12.1 Å². The Labute approximate surface area is 125 Å². The summed E-state index contributed by atoms with van der Waals surface area (Å²) in [5, 5.41) is 22.6. The Kier molecular flexibility index (Phi) is 4.52. The summed E-state index contributed by atoms with van der Waals surface area (Å²) in [5.74, 6) is -0.518. The van der Waals surface area contributed by atoms with Gasteiger partial charge in [0, 0.05) is 22.9 Å². The number of halogens is 1. The van der Waals surface area contributed by atoms with Gasteiger partial charge < -0.3 is 10.4 Å². The number of aliphatic hydroxyl groups is 1. The lowest BCUT2D eigenvalue weighted by Crippen LogP contribution is -2.13. The van der Waals surface area contributed by atoms with Crippen molar-refractivity contribution in [2.75, 3.05) is 5.32 Å². The summed E-state index contributed by atoms with van der Waals surface area (Å²) in [4.78, 5) is 22.3. The predicted octanol–water partition coefficient (Wildman–Crippen LogP) is 2.99. The molecule has 0 saturated heterocycles. The van der Waals surface area contributed by atoms with E-state index >= 15 is 0 Å². The lowest BCUT2D eigenvalue weighted by Gasteiger charge is -2.09. The molecule has 6 nitrogen and oxygen atoms in total. The van der Waals surface area contributed by atoms with Crippen molar-refractivity contribution in [1.82, 2.24) is 0 Å². The summed E-state index contributed by atoms with van der Waals surface area (Å²) in [6.07, 6.45) is 0. The number of hydrogen-bond donors (Lipinski definition) is 2. The molecule has 1 amide bonds. The van der Waals surface area contributed by atoms with Gasteiger partial charge in [0.1, 0.15) is 5.02 Å². The van der Waals surface area contributed by atoms with Crippen molar-refractivity contribution >= 4 is 28.9 Å². The van der Waals surface area contributed by atoms with Crippen molar-refractivity contribution in [2.24, 2.45) is 0 Å². The second kappa shape index (κ2) is 6.34. The standard InChI is InChI=1S/C14H11ClN2O4/c15-11-6-5-9(7-13(11)17(20)21)14(19)16-12-4-2-1-3-10(12)8-18/h1-7,18H,8H2,(H,16,19). The molecular formula is C14H11ClN2O4. The zero-order chi connectivity index (χ0) is 15.4. The molecule has 0 spiro atoms. The number of carbonyl (C=O) groups excluding carboxylic acids is 1. The van der Waals surface area contributed by atoms with E-state index in [-0.39, 0.29) is 22.9 Å². The molecule has 0 aromatic heterocycles. The largest absolute Gasteiger partial charge is 0.392 e. The normalized spacial score (nSPS) is 10.2. The number of aliphatic hydroxyl groups excluding tert-OH is 1. The van der Waals surface area contributed by atoms with Crippen LogP contribution in [0.3, 0.4) is 0 Å². The molecule has 0 unspecified atom stereocenters. The van der Waals surface area contributed by atoms with Crippen LogP contribution in [0.1, 0.15) is 15.9 Å². The van der Waals surface area contributed by atoms with Crippen LogP contribution in [0.15, 0.2) is 42.5 Å². The number of carbonyl (C=O) groups is 1. The van der Waals surface area contributed by atoms with Crippen molar-refractivity contribution in [3.63, 3.8) is 0 Å². The van der Waals surface area contributed by atoms with Gasteiger partial charge in [0.05, 0.1) is 11.5 Å². The van der Waals surface area contributed by atoms with Crippen LogP contribution in [0.5, 0.6) is 0 Å². The number of hydrogen-bond acceptors (Lipinski definition) is 4. The Morgan fingerprint density at radius 3 is 2.67 bits per heavy atom. The maximum Gasteiger partial charge on any atom is 0.288 e. The molecule has 108 valence electrons. The number of nitro groups is 1. The van der Waals surface area contributed by atoms with Crippen molar-refractivity contribution in [3.05, 3.63) is 68.7 Å². The monoisotopic (exact) mass is 306 g/mol. The highest BCUT2D eigenvalue weighted by Gasteiger charge is 2.16. The topological polar surface area (TPSA) is 92.5 Å². The zero-order valence-electron chi connectivity index (χ0n) is 10.7. The van der Waals surface area contributed by atoms with E-state index in [9.17, 15) is 20.0 Å². The van der Waals surface area contributed by atoms with Crippen LogP contribution in [-0.2, 0) is 6.61 Å². The first kappa shape index (κ1) is 15.0. The molecule has 2 aromatic rings. The van der Waals surface area contributed by atoms with Crippen LogP contribution in [0, 0.1) is 10.1 Å². The molecule has 0 aliphatic heterocycles. The van der Waals surface area contributed by atoms with E-state index in [4.69, 9.17) is 11.6 Å².